The third-order valence-electron chi connectivity index (χ3n) is 2.87. The summed E-state index contributed by atoms with van der Waals surface area (Å²) < 4.78 is 0. The number of nitrogens with two attached hydrogens (primary N) is 1. The number of primary amides is 1. The van der Waals surface area contributed by atoms with E-state index in [4.69, 9.17) is 5.73 Å². The minimum Gasteiger partial charge on any atom is -0.366 e. The van der Waals surface area contributed by atoms with Crippen LogP contribution in [0.5, 0.6) is 0 Å². The minimum atomic E-state index is -0.461. The Balaban J connectivity index is 2.05. The molecule has 1 aromatic heterocycles. The zero-order chi connectivity index (χ0) is 13.9. The van der Waals surface area contributed by atoms with Crippen LogP contribution in [0.2, 0.25) is 0 Å². The first-order chi connectivity index (χ1) is 9.75. The van der Waals surface area contributed by atoms with Crippen molar-refractivity contribution in [3.8, 4) is 21.1 Å². The van der Waals surface area contributed by atoms with Crippen molar-refractivity contribution in [3.05, 3.63) is 60.2 Å². The Hall–Kier alpha value is -2.53. The summed E-state index contributed by atoms with van der Waals surface area (Å²) in [5, 5.41) is 9.86. The molecule has 0 unspecified atom stereocenters. The number of amides is 1. The van der Waals surface area contributed by atoms with Gasteiger partial charge < -0.3 is 5.73 Å². The van der Waals surface area contributed by atoms with E-state index in [1.807, 2.05) is 42.5 Å². The van der Waals surface area contributed by atoms with E-state index in [0.29, 0.717) is 10.6 Å². The molecule has 20 heavy (non-hydrogen) atoms. The SMILES string of the molecule is NC(=O)c1ccccc1-c1nnc(-c2ccccc2)s1. The fourth-order valence-corrected chi connectivity index (χ4v) is 2.80. The molecule has 0 saturated heterocycles. The molecule has 2 N–H and O–H groups in total. The molecule has 0 aliphatic carbocycles. The zero-order valence-corrected chi connectivity index (χ0v) is 11.3. The highest BCUT2D eigenvalue weighted by Gasteiger charge is 2.14. The third-order valence-corrected chi connectivity index (χ3v) is 3.87. The van der Waals surface area contributed by atoms with Crippen molar-refractivity contribution in [1.82, 2.24) is 10.2 Å². The monoisotopic (exact) mass is 281 g/mol. The first-order valence-electron chi connectivity index (χ1n) is 6.04. The van der Waals surface area contributed by atoms with E-state index in [1.165, 1.54) is 11.3 Å². The molecule has 5 heteroatoms. The van der Waals surface area contributed by atoms with E-state index in [2.05, 4.69) is 10.2 Å². The number of hydrogen-bond donors (Lipinski definition) is 1. The summed E-state index contributed by atoms with van der Waals surface area (Å²) >= 11 is 1.44. The van der Waals surface area contributed by atoms with Crippen molar-refractivity contribution in [2.45, 2.75) is 0 Å². The van der Waals surface area contributed by atoms with Crippen molar-refractivity contribution in [1.29, 1.82) is 0 Å². The Morgan fingerprint density at radius 2 is 1.55 bits per heavy atom. The lowest BCUT2D eigenvalue weighted by molar-refractivity contribution is 0.100. The van der Waals surface area contributed by atoms with Gasteiger partial charge in [0.1, 0.15) is 10.0 Å². The van der Waals surface area contributed by atoms with E-state index < -0.39 is 5.91 Å². The highest BCUT2D eigenvalue weighted by atomic mass is 32.1. The van der Waals surface area contributed by atoms with Crippen LogP contribution < -0.4 is 5.73 Å². The molecule has 2 aromatic carbocycles. The number of nitrogens with zero attached hydrogens (tertiary/aromatic N) is 2. The van der Waals surface area contributed by atoms with Crippen molar-refractivity contribution < 1.29 is 4.79 Å². The lowest BCUT2D eigenvalue weighted by Crippen LogP contribution is -2.12. The van der Waals surface area contributed by atoms with Crippen LogP contribution in [-0.4, -0.2) is 16.1 Å². The molecule has 4 nitrogen and oxygen atoms in total. The fraction of sp³-hybridized carbons (Fsp3) is 0. The van der Waals surface area contributed by atoms with E-state index >= 15 is 0 Å². The summed E-state index contributed by atoms with van der Waals surface area (Å²) in [5.41, 5.74) is 7.58. The summed E-state index contributed by atoms with van der Waals surface area (Å²) in [5.74, 6) is -0.461. The first-order valence-corrected chi connectivity index (χ1v) is 6.85. The Morgan fingerprint density at radius 3 is 2.30 bits per heavy atom. The van der Waals surface area contributed by atoms with Crippen molar-refractivity contribution in [2.24, 2.45) is 5.73 Å². The Labute approximate surface area is 119 Å². The molecule has 0 radical (unpaired) electrons. The van der Waals surface area contributed by atoms with Crippen LogP contribution in [0.1, 0.15) is 10.4 Å². The topological polar surface area (TPSA) is 68.9 Å². The molecule has 1 heterocycles. The highest BCUT2D eigenvalue weighted by molar-refractivity contribution is 7.18. The van der Waals surface area contributed by atoms with Gasteiger partial charge in [0.05, 0.1) is 0 Å². The molecule has 0 bridgehead atoms. The summed E-state index contributed by atoms with van der Waals surface area (Å²) in [6, 6.07) is 17.0. The van der Waals surface area contributed by atoms with Crippen molar-refractivity contribution >= 4 is 17.2 Å². The maximum Gasteiger partial charge on any atom is 0.249 e. The van der Waals surface area contributed by atoms with Crippen LogP contribution in [0.4, 0.5) is 0 Å². The summed E-state index contributed by atoms with van der Waals surface area (Å²) in [6.07, 6.45) is 0. The standard InChI is InChI=1S/C15H11N3OS/c16-13(19)11-8-4-5-9-12(11)15-18-17-14(20-15)10-6-2-1-3-7-10/h1-9H,(H2,16,19). The molecule has 3 aromatic rings. The van der Waals surface area contributed by atoms with Gasteiger partial charge in [-0.15, -0.1) is 10.2 Å². The maximum absolute atomic E-state index is 11.5. The van der Waals surface area contributed by atoms with Gasteiger partial charge in [-0.3, -0.25) is 4.79 Å². The van der Waals surface area contributed by atoms with Gasteiger partial charge in [-0.2, -0.15) is 0 Å². The number of carbonyl (C=O) groups is 1. The van der Waals surface area contributed by atoms with Gasteiger partial charge in [-0.05, 0) is 6.07 Å². The normalized spacial score (nSPS) is 10.4. The van der Waals surface area contributed by atoms with E-state index in [1.54, 1.807) is 12.1 Å². The molecule has 0 spiro atoms. The van der Waals surface area contributed by atoms with Crippen LogP contribution >= 0.6 is 11.3 Å². The Kier molecular flexibility index (Phi) is 3.26. The molecule has 98 valence electrons. The molecule has 1 amide bonds. The quantitative estimate of drug-likeness (QED) is 0.802. The lowest BCUT2D eigenvalue weighted by Gasteiger charge is -2.01. The van der Waals surface area contributed by atoms with Crippen molar-refractivity contribution in [3.63, 3.8) is 0 Å². The van der Waals surface area contributed by atoms with E-state index in [-0.39, 0.29) is 0 Å². The van der Waals surface area contributed by atoms with Gasteiger partial charge in [0, 0.05) is 16.7 Å². The second kappa shape index (κ2) is 5.22. The minimum absolute atomic E-state index is 0.461. The first kappa shape index (κ1) is 12.5. The van der Waals surface area contributed by atoms with Crippen LogP contribution in [0.15, 0.2) is 54.6 Å². The summed E-state index contributed by atoms with van der Waals surface area (Å²) in [4.78, 5) is 11.5. The second-order valence-corrected chi connectivity index (χ2v) is 5.17. The Bertz CT molecular complexity index is 753. The molecular formula is C15H11N3OS. The maximum atomic E-state index is 11.5. The largest absolute Gasteiger partial charge is 0.366 e. The van der Waals surface area contributed by atoms with Crippen LogP contribution in [0, 0.1) is 0 Å². The molecule has 0 aliphatic heterocycles. The average molecular weight is 281 g/mol. The average Bonchev–Trinajstić information content (AvgIpc) is 2.98. The highest BCUT2D eigenvalue weighted by Crippen LogP contribution is 2.31. The van der Waals surface area contributed by atoms with Gasteiger partial charge in [-0.1, -0.05) is 59.9 Å². The van der Waals surface area contributed by atoms with Gasteiger partial charge in [-0.25, -0.2) is 0 Å². The Morgan fingerprint density at radius 1 is 0.900 bits per heavy atom. The number of hydrogen-bond acceptors (Lipinski definition) is 4. The molecular weight excluding hydrogens is 270 g/mol. The van der Waals surface area contributed by atoms with Gasteiger partial charge >= 0.3 is 0 Å². The van der Waals surface area contributed by atoms with Gasteiger partial charge in [0.25, 0.3) is 0 Å². The predicted octanol–water partition coefficient (Wildman–Crippen LogP) is 2.97. The van der Waals surface area contributed by atoms with Crippen LogP contribution in [0.3, 0.4) is 0 Å². The summed E-state index contributed by atoms with van der Waals surface area (Å²) in [7, 11) is 0. The molecule has 0 atom stereocenters. The molecule has 3 rings (SSSR count). The van der Waals surface area contributed by atoms with E-state index in [0.717, 1.165) is 16.1 Å². The molecule has 0 saturated carbocycles. The number of carbonyl (C=O) groups excluding carboxylic acids is 1. The predicted molar refractivity (Wildman–Crippen MR) is 79.3 cm³/mol. The van der Waals surface area contributed by atoms with E-state index in [9.17, 15) is 4.79 Å². The van der Waals surface area contributed by atoms with Crippen LogP contribution in [0.25, 0.3) is 21.1 Å². The smallest absolute Gasteiger partial charge is 0.249 e. The fourth-order valence-electron chi connectivity index (χ4n) is 1.91. The lowest BCUT2D eigenvalue weighted by atomic mass is 10.1. The number of benzene rings is 2. The van der Waals surface area contributed by atoms with Crippen LogP contribution in [-0.2, 0) is 0 Å². The summed E-state index contributed by atoms with van der Waals surface area (Å²) in [6.45, 7) is 0. The second-order valence-electron chi connectivity index (χ2n) is 4.19. The van der Waals surface area contributed by atoms with Crippen molar-refractivity contribution in [2.75, 3.05) is 0 Å². The van der Waals surface area contributed by atoms with Gasteiger partial charge in [0.2, 0.25) is 5.91 Å². The zero-order valence-electron chi connectivity index (χ0n) is 10.5. The number of rotatable bonds is 3. The number of aromatic nitrogens is 2. The molecule has 0 fully saturated rings. The van der Waals surface area contributed by atoms with Gasteiger partial charge in [0.15, 0.2) is 0 Å². The molecule has 0 aliphatic rings. The third kappa shape index (κ3) is 2.31.